The number of methoxy groups -OCH3 is 1. The van der Waals surface area contributed by atoms with Gasteiger partial charge in [-0.2, -0.15) is 0 Å². The molecule has 142 valence electrons. The van der Waals surface area contributed by atoms with Crippen molar-refractivity contribution in [2.24, 2.45) is 5.41 Å². The van der Waals surface area contributed by atoms with E-state index in [0.717, 1.165) is 63.1 Å². The van der Waals surface area contributed by atoms with Crippen LogP contribution in [0.2, 0.25) is 0 Å². The Morgan fingerprint density at radius 3 is 2.81 bits per heavy atom. The van der Waals surface area contributed by atoms with Crippen molar-refractivity contribution in [2.75, 3.05) is 39.9 Å². The number of carbonyl (C=O) groups excluding carboxylic acids is 2. The zero-order valence-electron chi connectivity index (χ0n) is 15.9. The average Bonchev–Trinajstić information content (AvgIpc) is 2.97. The van der Waals surface area contributed by atoms with Crippen molar-refractivity contribution in [2.45, 2.75) is 39.0 Å². The van der Waals surface area contributed by atoms with E-state index in [0.29, 0.717) is 13.0 Å². The van der Waals surface area contributed by atoms with E-state index in [4.69, 9.17) is 4.74 Å². The van der Waals surface area contributed by atoms with E-state index >= 15 is 0 Å². The Labute approximate surface area is 155 Å². The molecule has 2 fully saturated rings. The molecular formula is C20H29N3O3. The predicted molar refractivity (Wildman–Crippen MR) is 98.9 cm³/mol. The third-order valence-corrected chi connectivity index (χ3v) is 5.72. The number of likely N-dealkylation sites (tertiary alicyclic amines) is 2. The highest BCUT2D eigenvalue weighted by Gasteiger charge is 2.45. The second-order valence-electron chi connectivity index (χ2n) is 7.52. The van der Waals surface area contributed by atoms with E-state index in [1.807, 2.05) is 22.8 Å². The summed E-state index contributed by atoms with van der Waals surface area (Å²) in [5.41, 5.74) is 1.71. The van der Waals surface area contributed by atoms with Crippen LogP contribution in [0.25, 0.3) is 0 Å². The van der Waals surface area contributed by atoms with Crippen molar-refractivity contribution < 1.29 is 14.3 Å². The summed E-state index contributed by atoms with van der Waals surface area (Å²) in [5, 5.41) is 0. The van der Waals surface area contributed by atoms with Crippen LogP contribution in [-0.2, 0) is 16.0 Å². The van der Waals surface area contributed by atoms with Crippen LogP contribution in [0, 0.1) is 5.41 Å². The molecule has 2 amide bonds. The molecule has 26 heavy (non-hydrogen) atoms. The summed E-state index contributed by atoms with van der Waals surface area (Å²) >= 11 is 0. The molecule has 6 nitrogen and oxygen atoms in total. The largest absolute Gasteiger partial charge is 0.385 e. The maximum atomic E-state index is 12.8. The fraction of sp³-hybridized carbons (Fsp3) is 0.650. The number of carbonyl (C=O) groups is 2. The van der Waals surface area contributed by atoms with Gasteiger partial charge in [-0.15, -0.1) is 0 Å². The number of aromatic nitrogens is 1. The maximum absolute atomic E-state index is 12.8. The minimum atomic E-state index is 0.0494. The molecule has 1 spiro atoms. The molecule has 1 aromatic heterocycles. The molecule has 2 aliphatic rings. The monoisotopic (exact) mass is 359 g/mol. The third-order valence-electron chi connectivity index (χ3n) is 5.72. The number of hydrogen-bond acceptors (Lipinski definition) is 4. The van der Waals surface area contributed by atoms with Crippen molar-refractivity contribution in [1.82, 2.24) is 14.8 Å². The fourth-order valence-electron chi connectivity index (χ4n) is 4.09. The first kappa shape index (κ1) is 18.8. The Kier molecular flexibility index (Phi) is 5.91. The number of rotatable bonds is 6. The van der Waals surface area contributed by atoms with Gasteiger partial charge in [0.15, 0.2) is 0 Å². The summed E-state index contributed by atoms with van der Waals surface area (Å²) in [5.74, 6) is 0.334. The standard InChI is InChI=1S/C20H29N3O3/c1-3-17-13-16(5-8-21-17)19(25)22-10-6-20(7-11-22)14-18(24)23(15-20)9-4-12-26-2/h5,8,13H,3-4,6-7,9-12,14-15H2,1-2H3. The molecule has 0 saturated carbocycles. The second-order valence-corrected chi connectivity index (χ2v) is 7.52. The number of amides is 2. The quantitative estimate of drug-likeness (QED) is 0.730. The Balaban J connectivity index is 1.57. The molecule has 3 rings (SSSR count). The van der Waals surface area contributed by atoms with Gasteiger partial charge < -0.3 is 14.5 Å². The molecule has 1 aromatic rings. The van der Waals surface area contributed by atoms with E-state index < -0.39 is 0 Å². The number of nitrogens with zero attached hydrogens (tertiary/aromatic N) is 3. The van der Waals surface area contributed by atoms with Crippen LogP contribution in [-0.4, -0.2) is 66.5 Å². The predicted octanol–water partition coefficient (Wildman–Crippen LogP) is 2.14. The van der Waals surface area contributed by atoms with Gasteiger partial charge in [0.1, 0.15) is 0 Å². The molecule has 0 N–H and O–H groups in total. The van der Waals surface area contributed by atoms with Gasteiger partial charge in [-0.1, -0.05) is 6.92 Å². The summed E-state index contributed by atoms with van der Waals surface area (Å²) in [6, 6.07) is 3.69. The zero-order valence-corrected chi connectivity index (χ0v) is 15.9. The number of hydrogen-bond donors (Lipinski definition) is 0. The lowest BCUT2D eigenvalue weighted by molar-refractivity contribution is -0.128. The van der Waals surface area contributed by atoms with Gasteiger partial charge in [0.2, 0.25) is 5.91 Å². The van der Waals surface area contributed by atoms with E-state index in [1.165, 1.54) is 0 Å². The molecule has 0 aliphatic carbocycles. The molecule has 0 atom stereocenters. The van der Waals surface area contributed by atoms with Crippen LogP contribution in [0.3, 0.4) is 0 Å². The Hall–Kier alpha value is -1.95. The van der Waals surface area contributed by atoms with Gasteiger partial charge >= 0.3 is 0 Å². The van der Waals surface area contributed by atoms with Crippen LogP contribution >= 0.6 is 0 Å². The lowest BCUT2D eigenvalue weighted by Gasteiger charge is -2.38. The second kappa shape index (κ2) is 8.16. The van der Waals surface area contributed by atoms with E-state index in [2.05, 4.69) is 4.98 Å². The SMILES string of the molecule is CCc1cc(C(=O)N2CCC3(CC2)CC(=O)N(CCCOC)C3)ccn1. The van der Waals surface area contributed by atoms with Gasteiger partial charge in [-0.05, 0) is 37.8 Å². The Morgan fingerprint density at radius 1 is 1.35 bits per heavy atom. The minimum absolute atomic E-state index is 0.0494. The van der Waals surface area contributed by atoms with Crippen LogP contribution < -0.4 is 0 Å². The molecule has 0 aromatic carbocycles. The Bertz CT molecular complexity index is 653. The lowest BCUT2D eigenvalue weighted by Crippen LogP contribution is -2.44. The summed E-state index contributed by atoms with van der Waals surface area (Å²) in [6.07, 6.45) is 5.84. The first-order valence-electron chi connectivity index (χ1n) is 9.58. The summed E-state index contributed by atoms with van der Waals surface area (Å²) in [4.78, 5) is 33.3. The smallest absolute Gasteiger partial charge is 0.253 e. The van der Waals surface area contributed by atoms with Crippen molar-refractivity contribution in [1.29, 1.82) is 0 Å². The molecule has 2 saturated heterocycles. The molecular weight excluding hydrogens is 330 g/mol. The first-order valence-corrected chi connectivity index (χ1v) is 9.58. The van der Waals surface area contributed by atoms with Gasteiger partial charge in [-0.3, -0.25) is 14.6 Å². The van der Waals surface area contributed by atoms with Crippen LogP contribution in [0.4, 0.5) is 0 Å². The summed E-state index contributed by atoms with van der Waals surface area (Å²) < 4.78 is 5.09. The molecule has 2 aliphatic heterocycles. The van der Waals surface area contributed by atoms with E-state index in [-0.39, 0.29) is 17.2 Å². The number of pyridine rings is 1. The van der Waals surface area contributed by atoms with Crippen molar-refractivity contribution in [3.8, 4) is 0 Å². The van der Waals surface area contributed by atoms with E-state index in [1.54, 1.807) is 19.4 Å². The van der Waals surface area contributed by atoms with Crippen LogP contribution in [0.15, 0.2) is 18.3 Å². The summed E-state index contributed by atoms with van der Waals surface area (Å²) in [6.45, 7) is 5.77. The Morgan fingerprint density at radius 2 is 2.12 bits per heavy atom. The van der Waals surface area contributed by atoms with Crippen molar-refractivity contribution >= 4 is 11.8 Å². The van der Waals surface area contributed by atoms with Gasteiger partial charge in [-0.25, -0.2) is 0 Å². The number of ether oxygens (including phenoxy) is 1. The fourth-order valence-corrected chi connectivity index (χ4v) is 4.09. The van der Waals surface area contributed by atoms with Crippen LogP contribution in [0.5, 0.6) is 0 Å². The zero-order chi connectivity index (χ0) is 18.6. The number of aryl methyl sites for hydroxylation is 1. The maximum Gasteiger partial charge on any atom is 0.253 e. The molecule has 3 heterocycles. The topological polar surface area (TPSA) is 62.7 Å². The molecule has 0 radical (unpaired) electrons. The minimum Gasteiger partial charge on any atom is -0.385 e. The third kappa shape index (κ3) is 4.06. The van der Waals surface area contributed by atoms with Gasteiger partial charge in [0.05, 0.1) is 0 Å². The number of piperidine rings is 1. The summed E-state index contributed by atoms with van der Waals surface area (Å²) in [7, 11) is 1.69. The molecule has 0 unspecified atom stereocenters. The highest BCUT2D eigenvalue weighted by molar-refractivity contribution is 5.94. The molecule has 0 bridgehead atoms. The van der Waals surface area contributed by atoms with Gasteiger partial charge in [0.25, 0.3) is 5.91 Å². The van der Waals surface area contributed by atoms with Crippen LogP contribution in [0.1, 0.15) is 48.7 Å². The molecule has 6 heteroatoms. The average molecular weight is 359 g/mol. The normalized spacial score (nSPS) is 19.4. The lowest BCUT2D eigenvalue weighted by atomic mass is 9.77. The highest BCUT2D eigenvalue weighted by atomic mass is 16.5. The van der Waals surface area contributed by atoms with E-state index in [9.17, 15) is 9.59 Å². The van der Waals surface area contributed by atoms with Crippen molar-refractivity contribution in [3.05, 3.63) is 29.6 Å². The van der Waals surface area contributed by atoms with Gasteiger partial charge in [0, 0.05) is 69.2 Å². The highest BCUT2D eigenvalue weighted by Crippen LogP contribution is 2.41. The first-order chi connectivity index (χ1) is 12.6. The van der Waals surface area contributed by atoms with Crippen molar-refractivity contribution in [3.63, 3.8) is 0 Å².